The van der Waals surface area contributed by atoms with E-state index >= 15 is 0 Å². The van der Waals surface area contributed by atoms with Crippen molar-refractivity contribution >= 4 is 6.03 Å². The fourth-order valence-electron chi connectivity index (χ4n) is 6.97. The summed E-state index contributed by atoms with van der Waals surface area (Å²) in [7, 11) is 0. The maximum atomic E-state index is 11.7. The van der Waals surface area contributed by atoms with Gasteiger partial charge in [0.1, 0.15) is 0 Å². The number of carbonyl (C=O) groups is 1. The molecule has 0 aromatic carbocycles. The molecule has 0 heterocycles. The highest BCUT2D eigenvalue weighted by Gasteiger charge is 2.54. The Morgan fingerprint density at radius 3 is 1.81 bits per heavy atom. The number of nitrogens with two attached hydrogens (primary N) is 1. The highest BCUT2D eigenvalue weighted by molar-refractivity contribution is 5.72. The van der Waals surface area contributed by atoms with Gasteiger partial charge in [-0.05, 0) is 68.1 Å². The Balaban J connectivity index is 1.42. The molecule has 4 rings (SSSR count). The molecular weight excluding hydrogens is 320 g/mol. The summed E-state index contributed by atoms with van der Waals surface area (Å²) in [5, 5.41) is 3.20. The summed E-state index contributed by atoms with van der Waals surface area (Å²) in [6, 6.07) is 0.0274. The van der Waals surface area contributed by atoms with Gasteiger partial charge in [-0.15, -0.1) is 0 Å². The number of unbranched alkanes of at least 4 members (excludes halogenated alkanes) is 8. The van der Waals surface area contributed by atoms with Gasteiger partial charge in [-0.1, -0.05) is 64.7 Å². The maximum Gasteiger partial charge on any atom is 0.312 e. The zero-order valence-corrected chi connectivity index (χ0v) is 17.1. The topological polar surface area (TPSA) is 55.1 Å². The van der Waals surface area contributed by atoms with Crippen LogP contribution in [-0.4, -0.2) is 12.1 Å². The van der Waals surface area contributed by atoms with Gasteiger partial charge in [0.05, 0.1) is 0 Å². The zero-order chi connectivity index (χ0) is 18.4. The summed E-state index contributed by atoms with van der Waals surface area (Å²) in [4.78, 5) is 11.7. The summed E-state index contributed by atoms with van der Waals surface area (Å²) in [6.07, 6.45) is 21.8. The molecule has 0 saturated heterocycles. The van der Waals surface area contributed by atoms with Gasteiger partial charge in [0.25, 0.3) is 0 Å². The molecule has 4 aliphatic rings. The molecule has 4 aliphatic carbocycles. The minimum Gasteiger partial charge on any atom is -0.352 e. The average molecular weight is 363 g/mol. The number of nitrogens with one attached hydrogen (secondary N) is 1. The molecule has 4 fully saturated rings. The van der Waals surface area contributed by atoms with Gasteiger partial charge in [-0.3, -0.25) is 0 Å². The molecule has 2 amide bonds. The normalized spacial score (nSPS) is 33.3. The number of hydrogen-bond acceptors (Lipinski definition) is 1. The van der Waals surface area contributed by atoms with Gasteiger partial charge in [-0.2, -0.15) is 0 Å². The van der Waals surface area contributed by atoms with Gasteiger partial charge in [-0.25, -0.2) is 4.79 Å². The number of amides is 2. The van der Waals surface area contributed by atoms with Gasteiger partial charge in [0, 0.05) is 6.04 Å². The smallest absolute Gasteiger partial charge is 0.312 e. The second-order valence-electron chi connectivity index (χ2n) is 9.96. The van der Waals surface area contributed by atoms with E-state index in [0.29, 0.717) is 11.5 Å². The Labute approximate surface area is 161 Å². The number of carbonyl (C=O) groups excluding carboxylic acids is 1. The van der Waals surface area contributed by atoms with E-state index in [-0.39, 0.29) is 6.03 Å². The van der Waals surface area contributed by atoms with Crippen molar-refractivity contribution in [1.29, 1.82) is 0 Å². The molecule has 150 valence electrons. The fraction of sp³-hybridized carbons (Fsp3) is 0.957. The first kappa shape index (κ1) is 20.0. The molecule has 1 unspecified atom stereocenters. The van der Waals surface area contributed by atoms with Gasteiger partial charge < -0.3 is 11.1 Å². The van der Waals surface area contributed by atoms with Crippen molar-refractivity contribution in [2.45, 2.75) is 116 Å². The molecule has 0 spiro atoms. The predicted molar refractivity (Wildman–Crippen MR) is 109 cm³/mol. The van der Waals surface area contributed by atoms with Crippen molar-refractivity contribution in [3.05, 3.63) is 0 Å². The van der Waals surface area contributed by atoms with E-state index in [9.17, 15) is 4.79 Å². The highest BCUT2D eigenvalue weighted by atomic mass is 16.2. The largest absolute Gasteiger partial charge is 0.352 e. The van der Waals surface area contributed by atoms with E-state index in [1.807, 2.05) is 0 Å². The lowest BCUT2D eigenvalue weighted by atomic mass is 9.47. The van der Waals surface area contributed by atoms with Crippen LogP contribution in [0.3, 0.4) is 0 Å². The van der Waals surface area contributed by atoms with Crippen LogP contribution in [0.25, 0.3) is 0 Å². The van der Waals surface area contributed by atoms with Crippen LogP contribution in [0, 0.1) is 23.2 Å². The summed E-state index contributed by atoms with van der Waals surface area (Å²) >= 11 is 0. The van der Waals surface area contributed by atoms with Crippen LogP contribution >= 0.6 is 0 Å². The lowest BCUT2D eigenvalue weighted by Gasteiger charge is -2.59. The lowest BCUT2D eigenvalue weighted by Crippen LogP contribution is -2.57. The Kier molecular flexibility index (Phi) is 7.28. The summed E-state index contributed by atoms with van der Waals surface area (Å²) in [6.45, 7) is 2.28. The van der Waals surface area contributed by atoms with Crippen LogP contribution in [-0.2, 0) is 0 Å². The third-order valence-electron chi connectivity index (χ3n) is 7.74. The van der Waals surface area contributed by atoms with Crippen LogP contribution in [0.15, 0.2) is 0 Å². The molecule has 3 N–H and O–H groups in total. The first-order chi connectivity index (χ1) is 12.6. The summed E-state index contributed by atoms with van der Waals surface area (Å²) in [5.41, 5.74) is 5.95. The van der Waals surface area contributed by atoms with E-state index in [4.69, 9.17) is 5.73 Å². The van der Waals surface area contributed by atoms with Crippen molar-refractivity contribution in [1.82, 2.24) is 5.32 Å². The molecule has 0 aromatic rings. The van der Waals surface area contributed by atoms with Crippen molar-refractivity contribution in [2.75, 3.05) is 0 Å². The Morgan fingerprint density at radius 2 is 1.35 bits per heavy atom. The van der Waals surface area contributed by atoms with E-state index in [0.717, 1.165) is 24.2 Å². The van der Waals surface area contributed by atoms with Crippen LogP contribution in [0.4, 0.5) is 4.79 Å². The molecule has 3 heteroatoms. The van der Waals surface area contributed by atoms with Crippen molar-refractivity contribution in [2.24, 2.45) is 28.9 Å². The third kappa shape index (κ3) is 5.16. The second-order valence-corrected chi connectivity index (χ2v) is 9.96. The maximum absolute atomic E-state index is 11.7. The number of urea groups is 1. The molecule has 4 bridgehead atoms. The van der Waals surface area contributed by atoms with Gasteiger partial charge >= 0.3 is 6.03 Å². The first-order valence-electron chi connectivity index (χ1n) is 11.7. The standard InChI is InChI=1S/C23H42N2O/c1-2-3-4-5-6-7-8-9-10-11-21(25-22(24)26)23-15-18-12-19(16-23)14-20(13-18)17-23/h18-21H,2-17H2,1H3,(H3,24,25,26). The average Bonchev–Trinajstić information content (AvgIpc) is 2.57. The molecule has 0 aromatic heterocycles. The zero-order valence-electron chi connectivity index (χ0n) is 17.1. The number of hydrogen-bond donors (Lipinski definition) is 2. The third-order valence-corrected chi connectivity index (χ3v) is 7.74. The quantitative estimate of drug-likeness (QED) is 0.401. The van der Waals surface area contributed by atoms with Crippen LogP contribution in [0.5, 0.6) is 0 Å². The summed E-state index contributed by atoms with van der Waals surface area (Å²) in [5.74, 6) is 2.80. The number of primary amides is 1. The number of rotatable bonds is 12. The molecule has 0 radical (unpaired) electrons. The lowest BCUT2D eigenvalue weighted by molar-refractivity contribution is -0.0731. The fourth-order valence-corrected chi connectivity index (χ4v) is 6.97. The minimum absolute atomic E-state index is 0.304. The monoisotopic (exact) mass is 362 g/mol. The molecule has 1 atom stereocenters. The Morgan fingerprint density at radius 1 is 0.885 bits per heavy atom. The van der Waals surface area contributed by atoms with Gasteiger partial charge in [0.15, 0.2) is 0 Å². The van der Waals surface area contributed by atoms with Crippen molar-refractivity contribution in [3.8, 4) is 0 Å². The van der Waals surface area contributed by atoms with Crippen LogP contribution < -0.4 is 11.1 Å². The second kappa shape index (κ2) is 9.46. The minimum atomic E-state index is -0.304. The molecule has 0 aliphatic heterocycles. The van der Waals surface area contributed by atoms with E-state index in [2.05, 4.69) is 12.2 Å². The van der Waals surface area contributed by atoms with E-state index in [1.54, 1.807) is 0 Å². The Hall–Kier alpha value is -0.730. The molecule has 3 nitrogen and oxygen atoms in total. The summed E-state index contributed by atoms with van der Waals surface area (Å²) < 4.78 is 0. The van der Waals surface area contributed by atoms with E-state index in [1.165, 1.54) is 96.3 Å². The van der Waals surface area contributed by atoms with Gasteiger partial charge in [0.2, 0.25) is 0 Å². The van der Waals surface area contributed by atoms with Crippen LogP contribution in [0.1, 0.15) is 110 Å². The molecule has 4 saturated carbocycles. The predicted octanol–water partition coefficient (Wildman–Crippen LogP) is 6.16. The van der Waals surface area contributed by atoms with E-state index < -0.39 is 0 Å². The molecular formula is C23H42N2O. The SMILES string of the molecule is CCCCCCCCCCCC(NC(N)=O)C12CC3CC(CC(C3)C1)C2. The highest BCUT2D eigenvalue weighted by Crippen LogP contribution is 2.61. The Bertz CT molecular complexity index is 412. The van der Waals surface area contributed by atoms with Crippen molar-refractivity contribution in [3.63, 3.8) is 0 Å². The van der Waals surface area contributed by atoms with Crippen molar-refractivity contribution < 1.29 is 4.79 Å². The van der Waals surface area contributed by atoms with Crippen LogP contribution in [0.2, 0.25) is 0 Å². The first-order valence-corrected chi connectivity index (χ1v) is 11.7. The molecule has 26 heavy (non-hydrogen) atoms.